The van der Waals surface area contributed by atoms with Crippen molar-refractivity contribution in [1.29, 1.82) is 0 Å². The number of hydrogen-bond donors (Lipinski definition) is 4. The summed E-state index contributed by atoms with van der Waals surface area (Å²) in [5, 5.41) is 23.6. The first kappa shape index (κ1) is 17.8. The van der Waals surface area contributed by atoms with Gasteiger partial charge in [-0.1, -0.05) is 23.7 Å². The lowest BCUT2D eigenvalue weighted by Crippen LogP contribution is -2.03. The lowest BCUT2D eigenvalue weighted by molar-refractivity contribution is 0.0683. The van der Waals surface area contributed by atoms with Crippen molar-refractivity contribution in [3.8, 4) is 0 Å². The molecular weight excluding hydrogens is 382 g/mol. The number of aromatic nitrogens is 2. The Morgan fingerprint density at radius 1 is 1.04 bits per heavy atom. The van der Waals surface area contributed by atoms with Crippen molar-refractivity contribution in [2.45, 2.75) is 6.54 Å². The second kappa shape index (κ2) is 6.86. The van der Waals surface area contributed by atoms with E-state index < -0.39 is 11.9 Å². The van der Waals surface area contributed by atoms with Crippen LogP contribution in [-0.2, 0) is 6.54 Å². The Labute approximate surface area is 163 Å². The molecule has 28 heavy (non-hydrogen) atoms. The van der Waals surface area contributed by atoms with E-state index in [1.54, 1.807) is 12.1 Å². The molecule has 4 N–H and O–H groups in total. The van der Waals surface area contributed by atoms with Gasteiger partial charge in [0.2, 0.25) is 0 Å². The van der Waals surface area contributed by atoms with E-state index in [1.807, 2.05) is 18.2 Å². The lowest BCUT2D eigenvalue weighted by atomic mass is 10.1. The Kier molecular flexibility index (Phi) is 4.37. The molecule has 0 saturated carbocycles. The Balaban J connectivity index is 1.86. The molecule has 0 amide bonds. The Bertz CT molecular complexity index is 1250. The number of rotatable bonds is 5. The van der Waals surface area contributed by atoms with Crippen LogP contribution < -0.4 is 5.32 Å². The van der Waals surface area contributed by atoms with Crippen LogP contribution in [0.2, 0.25) is 5.02 Å². The summed E-state index contributed by atoms with van der Waals surface area (Å²) in [5.74, 6) is -1.70. The van der Waals surface area contributed by atoms with Crippen LogP contribution in [0.1, 0.15) is 26.4 Å². The maximum atomic E-state index is 11.4. The van der Waals surface area contributed by atoms with Gasteiger partial charge in [0.15, 0.2) is 0 Å². The van der Waals surface area contributed by atoms with E-state index in [0.29, 0.717) is 39.2 Å². The molecule has 4 aromatic rings. The number of fused-ring (bicyclic) bond motifs is 3. The van der Waals surface area contributed by atoms with Crippen LogP contribution in [0.3, 0.4) is 0 Å². The number of nitrogens with zero attached hydrogens (tertiary/aromatic N) is 1. The van der Waals surface area contributed by atoms with Gasteiger partial charge in [-0.05, 0) is 42.0 Å². The molecule has 0 atom stereocenters. The molecule has 0 aliphatic carbocycles. The van der Waals surface area contributed by atoms with Gasteiger partial charge in [-0.3, -0.25) is 0 Å². The first-order valence-electron chi connectivity index (χ1n) is 8.34. The topological polar surface area (TPSA) is 115 Å². The molecule has 0 saturated heterocycles. The van der Waals surface area contributed by atoms with Crippen LogP contribution in [0.25, 0.3) is 21.8 Å². The number of benzene rings is 2. The van der Waals surface area contributed by atoms with Crippen LogP contribution in [-0.4, -0.2) is 32.1 Å². The van der Waals surface area contributed by atoms with E-state index in [9.17, 15) is 19.8 Å². The highest BCUT2D eigenvalue weighted by Crippen LogP contribution is 2.31. The number of carboxylic acids is 2. The normalized spacial score (nSPS) is 11.0. The van der Waals surface area contributed by atoms with E-state index in [4.69, 9.17) is 11.6 Å². The van der Waals surface area contributed by atoms with Crippen molar-refractivity contribution in [2.75, 3.05) is 5.32 Å². The first-order valence-corrected chi connectivity index (χ1v) is 8.71. The zero-order valence-corrected chi connectivity index (χ0v) is 15.1. The zero-order valence-electron chi connectivity index (χ0n) is 14.4. The highest BCUT2D eigenvalue weighted by Gasteiger charge is 2.16. The molecule has 7 nitrogen and oxygen atoms in total. The maximum absolute atomic E-state index is 11.4. The molecule has 2 aromatic carbocycles. The summed E-state index contributed by atoms with van der Waals surface area (Å²) >= 11 is 6.02. The minimum Gasteiger partial charge on any atom is -0.478 e. The smallest absolute Gasteiger partial charge is 0.352 e. The van der Waals surface area contributed by atoms with Crippen molar-refractivity contribution in [2.24, 2.45) is 0 Å². The lowest BCUT2D eigenvalue weighted by Gasteiger charge is -2.10. The fourth-order valence-corrected chi connectivity index (χ4v) is 3.30. The van der Waals surface area contributed by atoms with Crippen molar-refractivity contribution < 1.29 is 19.8 Å². The van der Waals surface area contributed by atoms with Gasteiger partial charge in [-0.2, -0.15) is 0 Å². The van der Waals surface area contributed by atoms with Gasteiger partial charge in [-0.25, -0.2) is 14.6 Å². The third-order valence-electron chi connectivity index (χ3n) is 4.40. The molecule has 0 aliphatic rings. The number of halogens is 1. The second-order valence-corrected chi connectivity index (χ2v) is 6.69. The molecule has 0 fully saturated rings. The zero-order chi connectivity index (χ0) is 19.8. The molecule has 2 aromatic heterocycles. The number of anilines is 1. The van der Waals surface area contributed by atoms with Crippen LogP contribution in [0.4, 0.5) is 5.82 Å². The fourth-order valence-electron chi connectivity index (χ4n) is 3.09. The van der Waals surface area contributed by atoms with Crippen LogP contribution in [0.15, 0.2) is 48.5 Å². The Hall–Kier alpha value is -3.58. The largest absolute Gasteiger partial charge is 0.478 e. The highest BCUT2D eigenvalue weighted by molar-refractivity contribution is 6.30. The van der Waals surface area contributed by atoms with Gasteiger partial charge in [0.25, 0.3) is 0 Å². The molecule has 2 heterocycles. The molecule has 0 unspecified atom stereocenters. The van der Waals surface area contributed by atoms with Gasteiger partial charge in [0.1, 0.15) is 11.5 Å². The van der Waals surface area contributed by atoms with Crippen LogP contribution >= 0.6 is 11.6 Å². The van der Waals surface area contributed by atoms with Gasteiger partial charge < -0.3 is 20.5 Å². The number of hydrogen-bond acceptors (Lipinski definition) is 4. The summed E-state index contributed by atoms with van der Waals surface area (Å²) < 4.78 is 0. The summed E-state index contributed by atoms with van der Waals surface area (Å²) in [5.41, 5.74) is 2.08. The SMILES string of the molecule is O=C(O)c1ccc2c(c1)nc(NCc1cccc(Cl)c1)c1cc(C(=O)O)[nH]c12. The van der Waals surface area contributed by atoms with Gasteiger partial charge in [-0.15, -0.1) is 0 Å². The molecule has 0 bridgehead atoms. The summed E-state index contributed by atoms with van der Waals surface area (Å²) in [4.78, 5) is 30.1. The van der Waals surface area contributed by atoms with Crippen molar-refractivity contribution in [3.63, 3.8) is 0 Å². The molecule has 0 radical (unpaired) electrons. The number of aromatic amines is 1. The Morgan fingerprint density at radius 2 is 1.86 bits per heavy atom. The minimum atomic E-state index is -1.09. The monoisotopic (exact) mass is 395 g/mol. The quantitative estimate of drug-likeness (QED) is 0.398. The third-order valence-corrected chi connectivity index (χ3v) is 4.63. The average Bonchev–Trinajstić information content (AvgIpc) is 3.12. The number of carboxylic acid groups (broad SMARTS) is 2. The van der Waals surface area contributed by atoms with Crippen molar-refractivity contribution in [3.05, 3.63) is 70.4 Å². The molecule has 0 spiro atoms. The van der Waals surface area contributed by atoms with Crippen molar-refractivity contribution in [1.82, 2.24) is 9.97 Å². The third kappa shape index (κ3) is 3.23. The maximum Gasteiger partial charge on any atom is 0.352 e. The summed E-state index contributed by atoms with van der Waals surface area (Å²) in [6.07, 6.45) is 0. The predicted octanol–water partition coefficient (Wildman–Crippen LogP) is 4.38. The van der Waals surface area contributed by atoms with Gasteiger partial charge >= 0.3 is 11.9 Å². The standard InChI is InChI=1S/C20H14ClN3O4/c21-12-3-1-2-10(6-12)9-22-18-14-8-16(20(27)28)23-17(14)13-5-4-11(19(25)26)7-15(13)24-18/h1-8,23H,9H2,(H,22,24)(H,25,26)(H,27,28). The number of aromatic carboxylic acids is 2. The predicted molar refractivity (Wildman–Crippen MR) is 106 cm³/mol. The highest BCUT2D eigenvalue weighted by atomic mass is 35.5. The van der Waals surface area contributed by atoms with E-state index in [-0.39, 0.29) is 11.3 Å². The van der Waals surface area contributed by atoms with Gasteiger partial charge in [0, 0.05) is 22.3 Å². The summed E-state index contributed by atoms with van der Waals surface area (Å²) in [7, 11) is 0. The molecule has 4 rings (SSSR count). The second-order valence-electron chi connectivity index (χ2n) is 6.26. The molecular formula is C20H14ClN3O4. The fraction of sp³-hybridized carbons (Fsp3) is 0.0500. The van der Waals surface area contributed by atoms with Gasteiger partial charge in [0.05, 0.1) is 16.6 Å². The number of nitrogens with one attached hydrogen (secondary N) is 2. The van der Waals surface area contributed by atoms with Crippen LogP contribution in [0.5, 0.6) is 0 Å². The van der Waals surface area contributed by atoms with E-state index >= 15 is 0 Å². The van der Waals surface area contributed by atoms with E-state index in [0.717, 1.165) is 5.56 Å². The average molecular weight is 396 g/mol. The number of pyridine rings is 1. The minimum absolute atomic E-state index is 0.0254. The summed E-state index contributed by atoms with van der Waals surface area (Å²) in [6.45, 7) is 0.417. The molecule has 8 heteroatoms. The molecule has 0 aliphatic heterocycles. The van der Waals surface area contributed by atoms with Crippen molar-refractivity contribution >= 4 is 51.2 Å². The Morgan fingerprint density at radius 3 is 2.57 bits per heavy atom. The summed E-state index contributed by atoms with van der Waals surface area (Å²) in [6, 6.07) is 13.4. The van der Waals surface area contributed by atoms with Crippen LogP contribution in [0, 0.1) is 0 Å². The van der Waals surface area contributed by atoms with E-state index in [2.05, 4.69) is 15.3 Å². The number of carbonyl (C=O) groups is 2. The first-order chi connectivity index (χ1) is 13.4. The molecule has 140 valence electrons. The van der Waals surface area contributed by atoms with E-state index in [1.165, 1.54) is 18.2 Å². The number of H-pyrrole nitrogens is 1.